The Morgan fingerprint density at radius 3 is 2.74 bits per heavy atom. The van der Waals surface area contributed by atoms with Crippen LogP contribution in [0.5, 0.6) is 0 Å². The summed E-state index contributed by atoms with van der Waals surface area (Å²) < 4.78 is 1.21. The van der Waals surface area contributed by atoms with Crippen LogP contribution in [0.4, 0.5) is 5.69 Å². The van der Waals surface area contributed by atoms with E-state index in [-0.39, 0.29) is 11.5 Å². The fourth-order valence-electron chi connectivity index (χ4n) is 3.52. The molecule has 0 aliphatic heterocycles. The van der Waals surface area contributed by atoms with E-state index in [9.17, 15) is 9.59 Å². The Kier molecular flexibility index (Phi) is 4.78. The molecular weight excluding hydrogens is 360 g/mol. The second-order valence-corrected chi connectivity index (χ2v) is 8.03. The van der Waals surface area contributed by atoms with Crippen LogP contribution in [0.3, 0.4) is 0 Å². The summed E-state index contributed by atoms with van der Waals surface area (Å²) >= 11 is 1.56. The number of carbonyl (C=O) groups excluding carboxylic acids is 1. The lowest BCUT2D eigenvalue weighted by Gasteiger charge is -2.14. The van der Waals surface area contributed by atoms with Crippen LogP contribution in [0.15, 0.2) is 29.1 Å². The van der Waals surface area contributed by atoms with Gasteiger partial charge in [0.1, 0.15) is 6.04 Å². The molecule has 7 heteroatoms. The van der Waals surface area contributed by atoms with Gasteiger partial charge in [-0.2, -0.15) is 4.68 Å². The molecule has 0 bridgehead atoms. The summed E-state index contributed by atoms with van der Waals surface area (Å²) in [5, 5.41) is 11.8. The van der Waals surface area contributed by atoms with Gasteiger partial charge in [0.25, 0.3) is 5.56 Å². The number of aryl methyl sites for hydroxylation is 3. The maximum Gasteiger partial charge on any atom is 0.279 e. The number of hydrogen-bond acceptors (Lipinski definition) is 5. The molecule has 6 nitrogen and oxygen atoms in total. The zero-order chi connectivity index (χ0) is 19.0. The van der Waals surface area contributed by atoms with Crippen LogP contribution in [0.25, 0.3) is 10.2 Å². The van der Waals surface area contributed by atoms with E-state index in [0.29, 0.717) is 15.9 Å². The van der Waals surface area contributed by atoms with Gasteiger partial charge < -0.3 is 5.32 Å². The number of hydrogen-bond donors (Lipinski definition) is 1. The van der Waals surface area contributed by atoms with E-state index < -0.39 is 6.04 Å². The zero-order valence-corrected chi connectivity index (χ0v) is 16.3. The van der Waals surface area contributed by atoms with Gasteiger partial charge in [-0.15, -0.1) is 16.4 Å². The topological polar surface area (TPSA) is 76.9 Å². The first kappa shape index (κ1) is 17.9. The monoisotopic (exact) mass is 382 g/mol. The van der Waals surface area contributed by atoms with E-state index in [1.165, 1.54) is 15.1 Å². The molecule has 1 aliphatic carbocycles. The number of benzene rings is 1. The molecule has 1 unspecified atom stereocenters. The average Bonchev–Trinajstić information content (AvgIpc) is 3.07. The van der Waals surface area contributed by atoms with E-state index in [4.69, 9.17) is 0 Å². The van der Waals surface area contributed by atoms with Gasteiger partial charge in [0.2, 0.25) is 5.91 Å². The van der Waals surface area contributed by atoms with Crippen LogP contribution in [-0.2, 0) is 24.1 Å². The van der Waals surface area contributed by atoms with E-state index in [0.717, 1.165) is 37.7 Å². The van der Waals surface area contributed by atoms with Gasteiger partial charge in [-0.25, -0.2) is 0 Å². The summed E-state index contributed by atoms with van der Waals surface area (Å²) in [5.41, 5.74) is 2.80. The average molecular weight is 382 g/mol. The fraction of sp³-hybridized carbons (Fsp3) is 0.400. The molecular formula is C20H22N4O2S. The lowest BCUT2D eigenvalue weighted by Crippen LogP contribution is -2.34. The first-order valence-corrected chi connectivity index (χ1v) is 10.2. The standard InChI is InChI=1S/C20H22N4O2S/c1-3-13-8-10-14(11-9-13)21-18(25)12(2)24-20(26)17-15-6-4-5-7-16(15)27-19(17)22-23-24/h8-12H,3-7H2,1-2H3,(H,21,25). The summed E-state index contributed by atoms with van der Waals surface area (Å²) in [5.74, 6) is -0.279. The van der Waals surface area contributed by atoms with Gasteiger partial charge >= 0.3 is 0 Å². The molecule has 0 fully saturated rings. The Labute approximate surface area is 161 Å². The Hall–Kier alpha value is -2.54. The van der Waals surface area contributed by atoms with Gasteiger partial charge in [-0.05, 0) is 62.3 Å². The zero-order valence-electron chi connectivity index (χ0n) is 15.5. The van der Waals surface area contributed by atoms with Gasteiger partial charge in [-0.3, -0.25) is 9.59 Å². The van der Waals surface area contributed by atoms with Crippen molar-refractivity contribution in [3.05, 3.63) is 50.6 Å². The minimum atomic E-state index is -0.737. The molecule has 0 radical (unpaired) electrons. The smallest absolute Gasteiger partial charge is 0.279 e. The maximum absolute atomic E-state index is 13.0. The van der Waals surface area contributed by atoms with Crippen molar-refractivity contribution < 1.29 is 4.79 Å². The first-order chi connectivity index (χ1) is 13.1. The van der Waals surface area contributed by atoms with E-state index in [1.54, 1.807) is 18.3 Å². The van der Waals surface area contributed by atoms with Crippen molar-refractivity contribution in [1.82, 2.24) is 15.0 Å². The lowest BCUT2D eigenvalue weighted by atomic mass is 9.97. The number of rotatable bonds is 4. The van der Waals surface area contributed by atoms with Crippen LogP contribution < -0.4 is 10.9 Å². The number of fused-ring (bicyclic) bond motifs is 3. The second kappa shape index (κ2) is 7.23. The summed E-state index contributed by atoms with van der Waals surface area (Å²) in [6, 6.07) is 6.97. The number of anilines is 1. The van der Waals surface area contributed by atoms with Crippen molar-refractivity contribution in [3.8, 4) is 0 Å². The summed E-state index contributed by atoms with van der Waals surface area (Å²) in [4.78, 5) is 27.6. The van der Waals surface area contributed by atoms with E-state index >= 15 is 0 Å². The number of amides is 1. The molecule has 0 spiro atoms. The molecule has 1 N–H and O–H groups in total. The molecule has 1 aromatic carbocycles. The highest BCUT2D eigenvalue weighted by Gasteiger charge is 2.24. The van der Waals surface area contributed by atoms with Crippen molar-refractivity contribution in [1.29, 1.82) is 0 Å². The molecule has 2 heterocycles. The molecule has 1 atom stereocenters. The highest BCUT2D eigenvalue weighted by Crippen LogP contribution is 2.33. The third-order valence-corrected chi connectivity index (χ3v) is 6.36. The van der Waals surface area contributed by atoms with Gasteiger partial charge in [0.15, 0.2) is 4.83 Å². The highest BCUT2D eigenvalue weighted by atomic mass is 32.1. The lowest BCUT2D eigenvalue weighted by molar-refractivity contribution is -0.119. The SMILES string of the molecule is CCc1ccc(NC(=O)C(C)n2nnc3sc4c(c3c2=O)CCCC4)cc1. The Balaban J connectivity index is 1.63. The normalized spacial score (nSPS) is 14.7. The quantitative estimate of drug-likeness (QED) is 0.749. The van der Waals surface area contributed by atoms with Gasteiger partial charge in [-0.1, -0.05) is 24.3 Å². The van der Waals surface area contributed by atoms with Crippen molar-refractivity contribution in [2.75, 3.05) is 5.32 Å². The van der Waals surface area contributed by atoms with Crippen LogP contribution >= 0.6 is 11.3 Å². The number of nitrogens with one attached hydrogen (secondary N) is 1. The Morgan fingerprint density at radius 2 is 2.00 bits per heavy atom. The third kappa shape index (κ3) is 3.27. The maximum atomic E-state index is 13.0. The minimum Gasteiger partial charge on any atom is -0.324 e. The van der Waals surface area contributed by atoms with Crippen LogP contribution in [0, 0.1) is 0 Å². The van der Waals surface area contributed by atoms with E-state index in [2.05, 4.69) is 22.6 Å². The second-order valence-electron chi connectivity index (χ2n) is 6.95. The van der Waals surface area contributed by atoms with Gasteiger partial charge in [0, 0.05) is 10.6 Å². The van der Waals surface area contributed by atoms with Crippen molar-refractivity contribution in [2.24, 2.45) is 0 Å². The predicted octanol–water partition coefficient (Wildman–Crippen LogP) is 3.49. The first-order valence-electron chi connectivity index (χ1n) is 9.38. The summed E-state index contributed by atoms with van der Waals surface area (Å²) in [7, 11) is 0. The molecule has 27 heavy (non-hydrogen) atoms. The Morgan fingerprint density at radius 1 is 1.26 bits per heavy atom. The summed E-state index contributed by atoms with van der Waals surface area (Å²) in [6.45, 7) is 3.76. The van der Waals surface area contributed by atoms with E-state index in [1.807, 2.05) is 24.3 Å². The number of carbonyl (C=O) groups is 1. The molecule has 0 saturated heterocycles. The van der Waals surface area contributed by atoms with Crippen LogP contribution in [0.2, 0.25) is 0 Å². The fourth-order valence-corrected chi connectivity index (χ4v) is 4.72. The molecule has 2 aromatic heterocycles. The molecule has 0 saturated carbocycles. The highest BCUT2D eigenvalue weighted by molar-refractivity contribution is 7.18. The third-order valence-electron chi connectivity index (χ3n) is 5.18. The van der Waals surface area contributed by atoms with Crippen LogP contribution in [-0.4, -0.2) is 20.9 Å². The number of thiophene rings is 1. The van der Waals surface area contributed by atoms with Crippen LogP contribution in [0.1, 0.15) is 48.7 Å². The number of aromatic nitrogens is 3. The largest absolute Gasteiger partial charge is 0.324 e. The molecule has 4 rings (SSSR count). The van der Waals surface area contributed by atoms with Crippen molar-refractivity contribution in [2.45, 2.75) is 52.0 Å². The molecule has 3 aromatic rings. The Bertz CT molecular complexity index is 1050. The summed E-state index contributed by atoms with van der Waals surface area (Å²) in [6.07, 6.45) is 5.09. The molecule has 1 amide bonds. The molecule has 140 valence electrons. The molecule has 1 aliphatic rings. The van der Waals surface area contributed by atoms with Crippen molar-refractivity contribution >= 4 is 33.1 Å². The number of nitrogens with zero attached hydrogens (tertiary/aromatic N) is 3. The van der Waals surface area contributed by atoms with Gasteiger partial charge in [0.05, 0.1) is 5.39 Å². The predicted molar refractivity (Wildman–Crippen MR) is 107 cm³/mol. The van der Waals surface area contributed by atoms with Crippen molar-refractivity contribution in [3.63, 3.8) is 0 Å². The minimum absolute atomic E-state index is 0.219.